The molecule has 0 spiro atoms. The lowest BCUT2D eigenvalue weighted by Gasteiger charge is -2.05. The van der Waals surface area contributed by atoms with Crippen LogP contribution in [0.15, 0.2) is 17.3 Å². The maximum absolute atomic E-state index is 11.6. The van der Waals surface area contributed by atoms with Crippen LogP contribution in [-0.4, -0.2) is 47.0 Å². The highest BCUT2D eigenvalue weighted by atomic mass is 32.2. The monoisotopic (exact) mass is 263 g/mol. The van der Waals surface area contributed by atoms with Gasteiger partial charge in [-0.1, -0.05) is 0 Å². The van der Waals surface area contributed by atoms with Crippen molar-refractivity contribution < 1.29 is 23.4 Å². The van der Waals surface area contributed by atoms with Crippen LogP contribution in [0.4, 0.5) is 0 Å². The molecule has 17 heavy (non-hydrogen) atoms. The molecule has 0 aromatic carbocycles. The van der Waals surface area contributed by atoms with E-state index < -0.39 is 28.6 Å². The van der Waals surface area contributed by atoms with Crippen molar-refractivity contribution in [3.05, 3.63) is 12.4 Å². The summed E-state index contributed by atoms with van der Waals surface area (Å²) in [5.41, 5.74) is 0. The minimum absolute atomic E-state index is 0.119. The lowest BCUT2D eigenvalue weighted by Crippen LogP contribution is -2.30. The van der Waals surface area contributed by atoms with Gasteiger partial charge in [-0.2, -0.15) is 5.10 Å². The van der Waals surface area contributed by atoms with E-state index in [0.717, 1.165) is 17.1 Å². The van der Waals surface area contributed by atoms with Crippen LogP contribution in [0.25, 0.3) is 0 Å². The van der Waals surface area contributed by atoms with Gasteiger partial charge >= 0.3 is 5.97 Å². The number of aromatic nitrogens is 2. The van der Waals surface area contributed by atoms with E-state index in [1.165, 1.54) is 6.92 Å². The van der Waals surface area contributed by atoms with E-state index in [1.54, 1.807) is 0 Å². The van der Waals surface area contributed by atoms with Gasteiger partial charge in [-0.15, -0.1) is 0 Å². The van der Waals surface area contributed by atoms with E-state index in [9.17, 15) is 13.2 Å². The summed E-state index contributed by atoms with van der Waals surface area (Å²) in [5, 5.41) is 21.1. The number of nitrogens with zero attached hydrogens (tertiary/aromatic N) is 2. The zero-order valence-electron chi connectivity index (χ0n) is 9.07. The molecule has 9 heteroatoms. The standard InChI is InChI=1S/C8H13N3O5S/c1-6(12)2-10-17(15,16)7-3-9-11(4-7)5-8(13)14/h3-4,6,10,12H,2,5H2,1H3,(H,13,14). The highest BCUT2D eigenvalue weighted by Crippen LogP contribution is 2.06. The molecular weight excluding hydrogens is 250 g/mol. The van der Waals surface area contributed by atoms with E-state index in [4.69, 9.17) is 10.2 Å². The van der Waals surface area contributed by atoms with Crippen molar-refractivity contribution in [2.24, 2.45) is 0 Å². The summed E-state index contributed by atoms with van der Waals surface area (Å²) >= 11 is 0. The normalized spacial score (nSPS) is 13.5. The fraction of sp³-hybridized carbons (Fsp3) is 0.500. The van der Waals surface area contributed by atoms with Crippen molar-refractivity contribution in [3.63, 3.8) is 0 Å². The molecule has 1 heterocycles. The number of sulfonamides is 1. The van der Waals surface area contributed by atoms with Gasteiger partial charge in [0.2, 0.25) is 10.0 Å². The number of rotatable bonds is 6. The Balaban J connectivity index is 2.78. The number of aliphatic hydroxyl groups is 1. The van der Waals surface area contributed by atoms with E-state index in [1.807, 2.05) is 0 Å². The highest BCUT2D eigenvalue weighted by molar-refractivity contribution is 7.89. The SMILES string of the molecule is CC(O)CNS(=O)(=O)c1cnn(CC(=O)O)c1. The van der Waals surface area contributed by atoms with Crippen LogP contribution in [0.1, 0.15) is 6.92 Å². The van der Waals surface area contributed by atoms with Crippen molar-refractivity contribution in [1.82, 2.24) is 14.5 Å². The van der Waals surface area contributed by atoms with Crippen LogP contribution >= 0.6 is 0 Å². The number of carbonyl (C=O) groups is 1. The zero-order valence-corrected chi connectivity index (χ0v) is 9.88. The number of aliphatic hydroxyl groups excluding tert-OH is 1. The number of aliphatic carboxylic acids is 1. The lowest BCUT2D eigenvalue weighted by molar-refractivity contribution is -0.137. The molecule has 1 aromatic rings. The number of hydrogen-bond donors (Lipinski definition) is 3. The first-order chi connectivity index (χ1) is 7.81. The van der Waals surface area contributed by atoms with Crippen LogP contribution in [0, 0.1) is 0 Å². The molecule has 1 aromatic heterocycles. The molecule has 0 saturated heterocycles. The molecule has 96 valence electrons. The molecule has 0 aliphatic carbocycles. The molecule has 0 aliphatic heterocycles. The summed E-state index contributed by atoms with van der Waals surface area (Å²) in [6.45, 7) is 0.911. The summed E-state index contributed by atoms with van der Waals surface area (Å²) in [4.78, 5) is 10.2. The number of hydrogen-bond acceptors (Lipinski definition) is 5. The van der Waals surface area contributed by atoms with Crippen molar-refractivity contribution in [3.8, 4) is 0 Å². The summed E-state index contributed by atoms with van der Waals surface area (Å²) in [5.74, 6) is -1.12. The Kier molecular flexibility index (Phi) is 4.21. The number of carboxylic acid groups (broad SMARTS) is 1. The first kappa shape index (κ1) is 13.6. The van der Waals surface area contributed by atoms with Crippen LogP contribution in [0.5, 0.6) is 0 Å². The van der Waals surface area contributed by atoms with Crippen molar-refractivity contribution in [2.45, 2.75) is 24.5 Å². The summed E-state index contributed by atoms with van der Waals surface area (Å²) in [6, 6.07) is 0. The molecule has 1 atom stereocenters. The predicted octanol–water partition coefficient (Wildman–Crippen LogP) is -1.37. The Labute approximate surface area is 97.9 Å². The molecule has 0 amide bonds. The molecule has 0 bridgehead atoms. The molecular formula is C8H13N3O5S. The Morgan fingerprint density at radius 1 is 1.65 bits per heavy atom. The third-order valence-electron chi connectivity index (χ3n) is 1.79. The Morgan fingerprint density at radius 2 is 2.29 bits per heavy atom. The van der Waals surface area contributed by atoms with Crippen LogP contribution < -0.4 is 4.72 Å². The molecule has 1 rings (SSSR count). The molecule has 0 radical (unpaired) electrons. The van der Waals surface area contributed by atoms with Crippen molar-refractivity contribution in [1.29, 1.82) is 0 Å². The van der Waals surface area contributed by atoms with Gasteiger partial charge in [0.15, 0.2) is 0 Å². The molecule has 1 unspecified atom stereocenters. The van der Waals surface area contributed by atoms with Gasteiger partial charge in [0.05, 0.1) is 12.3 Å². The maximum atomic E-state index is 11.6. The highest BCUT2D eigenvalue weighted by Gasteiger charge is 2.17. The average Bonchev–Trinajstić information content (AvgIpc) is 2.63. The fourth-order valence-corrected chi connectivity index (χ4v) is 2.10. The smallest absolute Gasteiger partial charge is 0.325 e. The largest absolute Gasteiger partial charge is 0.480 e. The molecule has 0 saturated carbocycles. The van der Waals surface area contributed by atoms with Gasteiger partial charge in [-0.3, -0.25) is 9.48 Å². The second-order valence-electron chi connectivity index (χ2n) is 3.47. The van der Waals surface area contributed by atoms with Gasteiger partial charge in [0.1, 0.15) is 11.4 Å². The first-order valence-electron chi connectivity index (χ1n) is 4.73. The molecule has 8 nitrogen and oxygen atoms in total. The summed E-state index contributed by atoms with van der Waals surface area (Å²) < 4.78 is 26.4. The van der Waals surface area contributed by atoms with Crippen LogP contribution in [0.3, 0.4) is 0 Å². The summed E-state index contributed by atoms with van der Waals surface area (Å²) in [7, 11) is -3.76. The molecule has 3 N–H and O–H groups in total. The number of carboxylic acids is 1. The van der Waals surface area contributed by atoms with Crippen molar-refractivity contribution in [2.75, 3.05) is 6.54 Å². The van der Waals surface area contributed by atoms with Crippen LogP contribution in [0.2, 0.25) is 0 Å². The average molecular weight is 263 g/mol. The zero-order chi connectivity index (χ0) is 13.1. The fourth-order valence-electron chi connectivity index (χ4n) is 1.02. The third-order valence-corrected chi connectivity index (χ3v) is 3.16. The van der Waals surface area contributed by atoms with Gasteiger partial charge in [0.25, 0.3) is 0 Å². The Hall–Kier alpha value is -1.45. The van der Waals surface area contributed by atoms with Gasteiger partial charge in [-0.05, 0) is 6.92 Å². The summed E-state index contributed by atoms with van der Waals surface area (Å²) in [6.07, 6.45) is 1.35. The van der Waals surface area contributed by atoms with E-state index >= 15 is 0 Å². The van der Waals surface area contributed by atoms with Gasteiger partial charge in [-0.25, -0.2) is 13.1 Å². The van der Waals surface area contributed by atoms with Gasteiger partial charge < -0.3 is 10.2 Å². The first-order valence-corrected chi connectivity index (χ1v) is 6.21. The van der Waals surface area contributed by atoms with Crippen LogP contribution in [-0.2, 0) is 21.4 Å². The predicted molar refractivity (Wildman–Crippen MR) is 56.7 cm³/mol. The van der Waals surface area contributed by atoms with Gasteiger partial charge in [0, 0.05) is 12.7 Å². The van der Waals surface area contributed by atoms with Crippen molar-refractivity contribution >= 4 is 16.0 Å². The quantitative estimate of drug-likeness (QED) is 0.582. The third kappa shape index (κ3) is 4.13. The van der Waals surface area contributed by atoms with E-state index in [2.05, 4.69) is 9.82 Å². The minimum Gasteiger partial charge on any atom is -0.480 e. The second-order valence-corrected chi connectivity index (χ2v) is 5.24. The number of nitrogens with one attached hydrogen (secondary N) is 1. The Bertz CT molecular complexity index is 493. The topological polar surface area (TPSA) is 122 Å². The maximum Gasteiger partial charge on any atom is 0.325 e. The molecule has 0 aliphatic rings. The van der Waals surface area contributed by atoms with E-state index in [-0.39, 0.29) is 11.4 Å². The van der Waals surface area contributed by atoms with E-state index in [0.29, 0.717) is 0 Å². The second kappa shape index (κ2) is 5.25. The minimum atomic E-state index is -3.76. The molecule has 0 fully saturated rings. The Morgan fingerprint density at radius 3 is 2.82 bits per heavy atom. The lowest BCUT2D eigenvalue weighted by atomic mass is 10.4.